The molecule has 6 nitrogen and oxygen atoms in total. The quantitative estimate of drug-likeness (QED) is 0.722. The van der Waals surface area contributed by atoms with E-state index in [1.54, 1.807) is 22.5 Å². The van der Waals surface area contributed by atoms with E-state index >= 15 is 0 Å². The molecule has 0 N–H and O–H groups in total. The van der Waals surface area contributed by atoms with E-state index in [4.69, 9.17) is 9.47 Å². The topological polar surface area (TPSA) is 59.1 Å². The van der Waals surface area contributed by atoms with Crippen LogP contribution in [0.2, 0.25) is 0 Å². The minimum atomic E-state index is -3.59. The van der Waals surface area contributed by atoms with Gasteiger partial charge in [-0.15, -0.1) is 0 Å². The van der Waals surface area contributed by atoms with Gasteiger partial charge in [-0.25, -0.2) is 8.42 Å². The molecule has 1 aromatic rings. The molecular formula is C20H30N2O4S2. The predicted molar refractivity (Wildman–Crippen MR) is 112 cm³/mol. The molecular weight excluding hydrogens is 396 g/mol. The molecule has 0 aromatic heterocycles. The van der Waals surface area contributed by atoms with Gasteiger partial charge in [0.15, 0.2) is 0 Å². The molecule has 1 aromatic carbocycles. The molecule has 3 aliphatic heterocycles. The highest BCUT2D eigenvalue weighted by Crippen LogP contribution is 2.49. The largest absolute Gasteiger partial charge is 0.497 e. The second-order valence-corrected chi connectivity index (χ2v) is 11.8. The van der Waals surface area contributed by atoms with Crippen molar-refractivity contribution in [2.75, 3.05) is 46.2 Å². The molecule has 3 aliphatic rings. The van der Waals surface area contributed by atoms with Crippen molar-refractivity contribution in [2.24, 2.45) is 5.92 Å². The van der Waals surface area contributed by atoms with Gasteiger partial charge in [-0.05, 0) is 50.4 Å². The maximum Gasteiger partial charge on any atom is 0.246 e. The molecule has 156 valence electrons. The van der Waals surface area contributed by atoms with Crippen LogP contribution >= 0.6 is 11.8 Å². The van der Waals surface area contributed by atoms with Gasteiger partial charge in [-0.2, -0.15) is 16.1 Å². The second-order valence-electron chi connectivity index (χ2n) is 8.36. The summed E-state index contributed by atoms with van der Waals surface area (Å²) in [5, 5.41) is 0. The smallest absolute Gasteiger partial charge is 0.246 e. The number of hydrogen-bond donors (Lipinski definition) is 0. The average molecular weight is 427 g/mol. The van der Waals surface area contributed by atoms with Crippen molar-refractivity contribution in [1.82, 2.24) is 9.21 Å². The number of nitrogens with zero attached hydrogens (tertiary/aromatic N) is 2. The summed E-state index contributed by atoms with van der Waals surface area (Å²) in [6.45, 7) is 5.88. The predicted octanol–water partition coefficient (Wildman–Crippen LogP) is 2.68. The highest BCUT2D eigenvalue weighted by Gasteiger charge is 2.54. The molecule has 0 bridgehead atoms. The summed E-state index contributed by atoms with van der Waals surface area (Å²) in [6, 6.07) is 5.51. The van der Waals surface area contributed by atoms with E-state index in [0.717, 1.165) is 18.1 Å². The van der Waals surface area contributed by atoms with E-state index in [-0.39, 0.29) is 9.64 Å². The zero-order valence-corrected chi connectivity index (χ0v) is 18.5. The molecule has 0 aliphatic carbocycles. The number of ether oxygens (including phenoxy) is 2. The highest BCUT2D eigenvalue weighted by atomic mass is 32.2. The number of methoxy groups -OCH3 is 2. The third kappa shape index (κ3) is 3.64. The summed E-state index contributed by atoms with van der Waals surface area (Å²) in [5.41, 5.74) is 0. The first-order chi connectivity index (χ1) is 13.4. The number of benzene rings is 1. The van der Waals surface area contributed by atoms with E-state index in [1.807, 2.05) is 11.8 Å². The normalized spacial score (nSPS) is 26.3. The lowest BCUT2D eigenvalue weighted by Crippen LogP contribution is -2.61. The van der Waals surface area contributed by atoms with E-state index in [2.05, 4.69) is 11.8 Å². The van der Waals surface area contributed by atoms with Gasteiger partial charge in [0.2, 0.25) is 10.0 Å². The molecule has 8 heteroatoms. The average Bonchev–Trinajstić information content (AvgIpc) is 3.13. The second kappa shape index (κ2) is 7.70. The van der Waals surface area contributed by atoms with E-state index in [1.165, 1.54) is 40.2 Å². The van der Waals surface area contributed by atoms with Crippen LogP contribution in [0.5, 0.6) is 11.5 Å². The van der Waals surface area contributed by atoms with Gasteiger partial charge in [0.25, 0.3) is 0 Å². The number of piperidine rings is 1. The van der Waals surface area contributed by atoms with Crippen LogP contribution in [0.15, 0.2) is 23.1 Å². The van der Waals surface area contributed by atoms with Gasteiger partial charge >= 0.3 is 0 Å². The number of likely N-dealkylation sites (tertiary alicyclic amines) is 1. The number of thioether (sulfide) groups is 1. The fourth-order valence-corrected chi connectivity index (χ4v) is 8.19. The van der Waals surface area contributed by atoms with Gasteiger partial charge < -0.3 is 9.47 Å². The molecule has 0 amide bonds. The Morgan fingerprint density at radius 2 is 1.86 bits per heavy atom. The zero-order valence-electron chi connectivity index (χ0n) is 16.9. The van der Waals surface area contributed by atoms with Gasteiger partial charge in [-0.1, -0.05) is 6.92 Å². The van der Waals surface area contributed by atoms with Crippen molar-refractivity contribution < 1.29 is 17.9 Å². The number of hydrogen-bond acceptors (Lipinski definition) is 6. The maximum atomic E-state index is 13.2. The first-order valence-electron chi connectivity index (χ1n) is 9.97. The van der Waals surface area contributed by atoms with E-state index in [0.29, 0.717) is 30.6 Å². The Morgan fingerprint density at radius 3 is 2.50 bits per heavy atom. The van der Waals surface area contributed by atoms with Crippen LogP contribution in [0.4, 0.5) is 0 Å². The summed E-state index contributed by atoms with van der Waals surface area (Å²) in [7, 11) is -0.559. The maximum absolute atomic E-state index is 13.2. The standard InChI is InChI=1S/C20H30N2O4S2/c1-15-6-8-21(9-7-15)16-11-20(27-12-16)13-22(14-20)28(23,24)19-10-17(25-2)4-5-18(19)26-3/h4-5,10,15-16H,6-9,11-14H2,1-3H3. The van der Waals surface area contributed by atoms with Crippen molar-refractivity contribution in [1.29, 1.82) is 0 Å². The van der Waals surface area contributed by atoms with Gasteiger partial charge in [0.1, 0.15) is 16.4 Å². The van der Waals surface area contributed by atoms with Crippen LogP contribution < -0.4 is 9.47 Å². The molecule has 3 heterocycles. The Balaban J connectivity index is 1.43. The van der Waals surface area contributed by atoms with Gasteiger partial charge in [-0.3, -0.25) is 4.90 Å². The summed E-state index contributed by atoms with van der Waals surface area (Å²) < 4.78 is 38.6. The summed E-state index contributed by atoms with van der Waals surface area (Å²) >= 11 is 1.96. The Hall–Kier alpha value is -0.960. The Bertz CT molecular complexity index is 815. The monoisotopic (exact) mass is 426 g/mol. The van der Waals surface area contributed by atoms with Crippen molar-refractivity contribution in [3.8, 4) is 11.5 Å². The third-order valence-corrected chi connectivity index (χ3v) is 9.84. The van der Waals surface area contributed by atoms with Crippen molar-refractivity contribution in [3.05, 3.63) is 18.2 Å². The highest BCUT2D eigenvalue weighted by molar-refractivity contribution is 8.01. The SMILES string of the molecule is COc1ccc(OC)c(S(=O)(=O)N2CC3(CC(N4CCC(C)CC4)CS3)C2)c1. The fourth-order valence-electron chi connectivity index (χ4n) is 4.56. The number of rotatable bonds is 5. The molecule has 0 saturated carbocycles. The Labute approximate surface area is 172 Å². The van der Waals surface area contributed by atoms with Gasteiger partial charge in [0, 0.05) is 35.7 Å². The molecule has 3 saturated heterocycles. The molecule has 0 radical (unpaired) electrons. The summed E-state index contributed by atoms with van der Waals surface area (Å²) in [4.78, 5) is 2.82. The number of sulfonamides is 1. The lowest BCUT2D eigenvalue weighted by molar-refractivity contribution is 0.123. The molecule has 3 fully saturated rings. The minimum Gasteiger partial charge on any atom is -0.497 e. The van der Waals surface area contributed by atoms with Crippen LogP contribution in [-0.4, -0.2) is 74.6 Å². The molecule has 1 unspecified atom stereocenters. The van der Waals surface area contributed by atoms with Crippen LogP contribution in [0.3, 0.4) is 0 Å². The van der Waals surface area contributed by atoms with Crippen LogP contribution in [-0.2, 0) is 10.0 Å². The zero-order chi connectivity index (χ0) is 19.9. The van der Waals surface area contributed by atoms with Crippen molar-refractivity contribution >= 4 is 21.8 Å². The van der Waals surface area contributed by atoms with E-state index in [9.17, 15) is 8.42 Å². The Morgan fingerprint density at radius 1 is 1.14 bits per heavy atom. The van der Waals surface area contributed by atoms with Crippen LogP contribution in [0.25, 0.3) is 0 Å². The summed E-state index contributed by atoms with van der Waals surface area (Å²) in [5.74, 6) is 2.83. The first-order valence-corrected chi connectivity index (χ1v) is 12.4. The Kier molecular flexibility index (Phi) is 5.59. The summed E-state index contributed by atoms with van der Waals surface area (Å²) in [6.07, 6.45) is 3.65. The first kappa shape index (κ1) is 20.3. The molecule has 1 spiro atoms. The molecule has 4 rings (SSSR count). The van der Waals surface area contributed by atoms with Crippen molar-refractivity contribution in [3.63, 3.8) is 0 Å². The lowest BCUT2D eigenvalue weighted by Gasteiger charge is -2.47. The van der Waals surface area contributed by atoms with Crippen LogP contribution in [0.1, 0.15) is 26.2 Å². The van der Waals surface area contributed by atoms with Gasteiger partial charge in [0.05, 0.1) is 14.2 Å². The third-order valence-electron chi connectivity index (χ3n) is 6.44. The van der Waals surface area contributed by atoms with E-state index < -0.39 is 10.0 Å². The van der Waals surface area contributed by atoms with Crippen molar-refractivity contribution in [2.45, 2.75) is 41.9 Å². The molecule has 1 atom stereocenters. The van der Waals surface area contributed by atoms with Crippen LogP contribution in [0, 0.1) is 5.92 Å². The minimum absolute atomic E-state index is 0.0763. The molecule has 28 heavy (non-hydrogen) atoms. The fraction of sp³-hybridized carbons (Fsp3) is 0.700. The lowest BCUT2D eigenvalue weighted by atomic mass is 9.91.